The van der Waals surface area contributed by atoms with Crippen LogP contribution >= 0.6 is 34.4 Å². The fraction of sp³-hybridized carbons (Fsp3) is 0.333. The SMILES string of the molecule is c1csc(-c2nnc(SCc3nc(-c4ccsc4)no3)n2C[C@H]2CCCO2)c1. The minimum Gasteiger partial charge on any atom is -0.376 e. The van der Waals surface area contributed by atoms with Crippen molar-refractivity contribution in [2.45, 2.75) is 36.4 Å². The van der Waals surface area contributed by atoms with E-state index in [2.05, 4.69) is 36.4 Å². The van der Waals surface area contributed by atoms with Gasteiger partial charge in [-0.3, -0.25) is 4.57 Å². The van der Waals surface area contributed by atoms with Crippen LogP contribution in [-0.2, 0) is 17.0 Å². The van der Waals surface area contributed by atoms with Crippen molar-refractivity contribution in [2.75, 3.05) is 6.61 Å². The summed E-state index contributed by atoms with van der Waals surface area (Å²) in [7, 11) is 0. The van der Waals surface area contributed by atoms with E-state index in [1.165, 1.54) is 0 Å². The second-order valence-corrected chi connectivity index (χ2v) is 9.01. The Balaban J connectivity index is 1.35. The van der Waals surface area contributed by atoms with Crippen molar-refractivity contribution in [3.8, 4) is 22.1 Å². The molecule has 1 saturated heterocycles. The highest BCUT2D eigenvalue weighted by Crippen LogP contribution is 2.30. The predicted molar refractivity (Wildman–Crippen MR) is 109 cm³/mol. The molecule has 7 nitrogen and oxygen atoms in total. The number of rotatable bonds is 7. The lowest BCUT2D eigenvalue weighted by Crippen LogP contribution is -2.16. The molecule has 1 aliphatic rings. The van der Waals surface area contributed by atoms with Gasteiger partial charge in [-0.1, -0.05) is 23.0 Å². The number of thiophene rings is 2. The summed E-state index contributed by atoms with van der Waals surface area (Å²) in [6.45, 7) is 1.59. The molecule has 5 rings (SSSR count). The molecule has 10 heteroatoms. The standard InChI is InChI=1S/C18H17N5O2S3/c1-3-13(24-6-1)9-23-17(14-4-2-7-27-14)20-21-18(23)28-11-15-19-16(22-25-15)12-5-8-26-10-12/h2,4-5,7-8,10,13H,1,3,6,9,11H2/t13-/m1/s1. The molecule has 0 spiro atoms. The van der Waals surface area contributed by atoms with Gasteiger partial charge in [0.2, 0.25) is 11.7 Å². The molecule has 1 fully saturated rings. The van der Waals surface area contributed by atoms with Crippen LogP contribution in [-0.4, -0.2) is 37.6 Å². The molecule has 1 aliphatic heterocycles. The van der Waals surface area contributed by atoms with E-state index in [1.807, 2.05) is 22.9 Å². The first kappa shape index (κ1) is 18.0. The maximum atomic E-state index is 5.84. The van der Waals surface area contributed by atoms with Gasteiger partial charge >= 0.3 is 0 Å². The third-order valence-electron chi connectivity index (χ3n) is 4.44. The van der Waals surface area contributed by atoms with Gasteiger partial charge in [0.1, 0.15) is 0 Å². The molecule has 0 bridgehead atoms. The van der Waals surface area contributed by atoms with Crippen LogP contribution in [0.1, 0.15) is 18.7 Å². The number of thioether (sulfide) groups is 1. The summed E-state index contributed by atoms with van der Waals surface area (Å²) in [5, 5.41) is 19.8. The highest BCUT2D eigenvalue weighted by Gasteiger charge is 2.22. The molecule has 1 atom stereocenters. The average Bonchev–Trinajstić information content (AvgIpc) is 3.53. The Labute approximate surface area is 173 Å². The van der Waals surface area contributed by atoms with Crippen molar-refractivity contribution in [3.05, 3.63) is 40.2 Å². The first-order valence-corrected chi connectivity index (χ1v) is 11.7. The highest BCUT2D eigenvalue weighted by atomic mass is 32.2. The summed E-state index contributed by atoms with van der Waals surface area (Å²) < 4.78 is 13.4. The van der Waals surface area contributed by atoms with Crippen LogP contribution < -0.4 is 0 Å². The molecule has 0 N–H and O–H groups in total. The molecule has 0 unspecified atom stereocenters. The maximum absolute atomic E-state index is 5.84. The normalized spacial score (nSPS) is 16.8. The molecule has 0 radical (unpaired) electrons. The lowest BCUT2D eigenvalue weighted by Gasteiger charge is -2.13. The molecule has 4 aromatic rings. The van der Waals surface area contributed by atoms with E-state index < -0.39 is 0 Å². The molecule has 0 aromatic carbocycles. The summed E-state index contributed by atoms with van der Waals surface area (Å²) in [5.41, 5.74) is 0.978. The zero-order valence-corrected chi connectivity index (χ0v) is 17.3. The molecule has 0 aliphatic carbocycles. The number of hydrogen-bond donors (Lipinski definition) is 0. The Morgan fingerprint density at radius 2 is 2.25 bits per heavy atom. The van der Waals surface area contributed by atoms with Crippen molar-refractivity contribution in [2.24, 2.45) is 0 Å². The number of aromatic nitrogens is 5. The van der Waals surface area contributed by atoms with E-state index >= 15 is 0 Å². The Morgan fingerprint density at radius 3 is 3.04 bits per heavy atom. The van der Waals surface area contributed by atoms with Crippen molar-refractivity contribution >= 4 is 34.4 Å². The van der Waals surface area contributed by atoms with Gasteiger partial charge in [-0.05, 0) is 35.7 Å². The average molecular weight is 432 g/mol. The molecular formula is C18H17N5O2S3. The second-order valence-electron chi connectivity index (χ2n) is 6.34. The number of hydrogen-bond acceptors (Lipinski definition) is 9. The third kappa shape index (κ3) is 3.77. The monoisotopic (exact) mass is 431 g/mol. The van der Waals surface area contributed by atoms with Gasteiger partial charge < -0.3 is 9.26 Å². The molecule has 0 saturated carbocycles. The summed E-state index contributed by atoms with van der Waals surface area (Å²) in [5.74, 6) is 2.63. The van der Waals surface area contributed by atoms with Gasteiger partial charge in [-0.15, -0.1) is 21.5 Å². The summed E-state index contributed by atoms with van der Waals surface area (Å²) in [6, 6.07) is 6.08. The molecule has 4 aromatic heterocycles. The van der Waals surface area contributed by atoms with E-state index in [0.717, 1.165) is 47.4 Å². The van der Waals surface area contributed by atoms with Crippen LogP contribution in [0.4, 0.5) is 0 Å². The van der Waals surface area contributed by atoms with Crippen LogP contribution in [0.5, 0.6) is 0 Å². The largest absolute Gasteiger partial charge is 0.376 e. The number of nitrogens with zero attached hydrogens (tertiary/aromatic N) is 5. The summed E-state index contributed by atoms with van der Waals surface area (Å²) in [6.07, 6.45) is 2.39. The first-order chi connectivity index (χ1) is 13.9. The van der Waals surface area contributed by atoms with E-state index in [-0.39, 0.29) is 6.10 Å². The van der Waals surface area contributed by atoms with Gasteiger partial charge in [0, 0.05) is 17.6 Å². The minimum atomic E-state index is 0.211. The van der Waals surface area contributed by atoms with Gasteiger partial charge in [-0.2, -0.15) is 16.3 Å². The van der Waals surface area contributed by atoms with E-state index in [1.54, 1.807) is 34.4 Å². The smallest absolute Gasteiger partial charge is 0.237 e. The Morgan fingerprint density at radius 1 is 1.25 bits per heavy atom. The molecule has 28 heavy (non-hydrogen) atoms. The van der Waals surface area contributed by atoms with E-state index in [0.29, 0.717) is 17.5 Å². The van der Waals surface area contributed by atoms with Crippen LogP contribution in [0.25, 0.3) is 22.1 Å². The minimum absolute atomic E-state index is 0.211. The molecule has 0 amide bonds. The van der Waals surface area contributed by atoms with Gasteiger partial charge in [-0.25, -0.2) is 0 Å². The van der Waals surface area contributed by atoms with Crippen LogP contribution in [0.3, 0.4) is 0 Å². The first-order valence-electron chi connectivity index (χ1n) is 8.93. The van der Waals surface area contributed by atoms with E-state index in [9.17, 15) is 0 Å². The fourth-order valence-electron chi connectivity index (χ4n) is 3.09. The van der Waals surface area contributed by atoms with Gasteiger partial charge in [0.05, 0.1) is 23.3 Å². The van der Waals surface area contributed by atoms with Crippen molar-refractivity contribution in [3.63, 3.8) is 0 Å². The quantitative estimate of drug-likeness (QED) is 0.396. The fourth-order valence-corrected chi connectivity index (χ4v) is 5.23. The molecule has 5 heterocycles. The van der Waals surface area contributed by atoms with Crippen molar-refractivity contribution in [1.82, 2.24) is 24.9 Å². The molecular weight excluding hydrogens is 414 g/mol. The molecule has 144 valence electrons. The van der Waals surface area contributed by atoms with Crippen LogP contribution in [0.15, 0.2) is 44.0 Å². The van der Waals surface area contributed by atoms with E-state index in [4.69, 9.17) is 9.26 Å². The van der Waals surface area contributed by atoms with Gasteiger partial charge in [0.25, 0.3) is 0 Å². The Kier molecular flexibility index (Phi) is 5.26. The Hall–Kier alpha value is -2.01. The number of ether oxygens (including phenoxy) is 1. The van der Waals surface area contributed by atoms with Crippen molar-refractivity contribution < 1.29 is 9.26 Å². The lowest BCUT2D eigenvalue weighted by molar-refractivity contribution is 0.0953. The van der Waals surface area contributed by atoms with Crippen molar-refractivity contribution in [1.29, 1.82) is 0 Å². The highest BCUT2D eigenvalue weighted by molar-refractivity contribution is 7.98. The third-order valence-corrected chi connectivity index (χ3v) is 6.94. The zero-order chi connectivity index (χ0) is 18.8. The predicted octanol–water partition coefficient (Wildman–Crippen LogP) is 4.59. The second kappa shape index (κ2) is 8.16. The maximum Gasteiger partial charge on any atom is 0.237 e. The van der Waals surface area contributed by atoms with Crippen LogP contribution in [0, 0.1) is 0 Å². The topological polar surface area (TPSA) is 78.9 Å². The summed E-state index contributed by atoms with van der Waals surface area (Å²) in [4.78, 5) is 5.59. The van der Waals surface area contributed by atoms with Gasteiger partial charge in [0.15, 0.2) is 11.0 Å². The summed E-state index contributed by atoms with van der Waals surface area (Å²) >= 11 is 4.83. The Bertz CT molecular complexity index is 1020. The lowest BCUT2D eigenvalue weighted by atomic mass is 10.2. The van der Waals surface area contributed by atoms with Crippen LogP contribution in [0.2, 0.25) is 0 Å². The zero-order valence-electron chi connectivity index (χ0n) is 14.9.